The molecule has 3 aromatic rings. The van der Waals surface area contributed by atoms with E-state index in [0.29, 0.717) is 17.0 Å². The molecule has 0 radical (unpaired) electrons. The fourth-order valence-corrected chi connectivity index (χ4v) is 5.07. The van der Waals surface area contributed by atoms with Crippen LogP contribution in [0.25, 0.3) is 6.08 Å². The zero-order valence-corrected chi connectivity index (χ0v) is 23.6. The van der Waals surface area contributed by atoms with E-state index in [2.05, 4.69) is 24.5 Å². The number of aryl methyl sites for hydroxylation is 2. The van der Waals surface area contributed by atoms with Gasteiger partial charge in [-0.25, -0.2) is 0 Å². The Morgan fingerprint density at radius 3 is 2.25 bits per heavy atom. The minimum Gasteiger partial charge on any atom is -0.484 e. The highest BCUT2D eigenvalue weighted by Crippen LogP contribution is 2.32. The molecule has 3 aromatic carbocycles. The summed E-state index contributed by atoms with van der Waals surface area (Å²) in [6, 6.07) is 20.1. The van der Waals surface area contributed by atoms with Crippen molar-refractivity contribution in [1.82, 2.24) is 4.90 Å². The summed E-state index contributed by atoms with van der Waals surface area (Å²) >= 11 is 0.788. The Kier molecular flexibility index (Phi) is 9.06. The van der Waals surface area contributed by atoms with Crippen LogP contribution in [0.5, 0.6) is 5.75 Å². The first kappa shape index (κ1) is 28.6. The monoisotopic (exact) mass is 557 g/mol. The van der Waals surface area contributed by atoms with Crippen LogP contribution in [0, 0.1) is 13.8 Å². The van der Waals surface area contributed by atoms with Gasteiger partial charge >= 0.3 is 0 Å². The maximum Gasteiger partial charge on any atom is 0.294 e. The van der Waals surface area contributed by atoms with Gasteiger partial charge in [0.2, 0.25) is 5.91 Å². The number of hydrogen-bond acceptors (Lipinski definition) is 6. The number of nitrogens with one attached hydrogen (secondary N) is 2. The molecular formula is C31H31N3O5S. The molecule has 1 heterocycles. The average molecular weight is 558 g/mol. The molecule has 1 aliphatic rings. The van der Waals surface area contributed by atoms with Gasteiger partial charge in [-0.3, -0.25) is 24.1 Å². The van der Waals surface area contributed by atoms with Gasteiger partial charge in [-0.05, 0) is 78.1 Å². The van der Waals surface area contributed by atoms with E-state index >= 15 is 0 Å². The molecule has 2 N–H and O–H groups in total. The summed E-state index contributed by atoms with van der Waals surface area (Å²) in [7, 11) is 0. The SMILES string of the molecule is Cc1cccc(C)c1NC(=O)CN1C(=O)S/C(=C/c2ccc(OCC(=O)Nc3ccccc3C(C)C)cc2)C1=O. The summed E-state index contributed by atoms with van der Waals surface area (Å²) < 4.78 is 5.62. The quantitative estimate of drug-likeness (QED) is 0.307. The van der Waals surface area contributed by atoms with Gasteiger partial charge in [0.05, 0.1) is 4.91 Å². The van der Waals surface area contributed by atoms with E-state index < -0.39 is 17.1 Å². The van der Waals surface area contributed by atoms with E-state index in [1.807, 2.05) is 56.3 Å². The van der Waals surface area contributed by atoms with E-state index in [1.54, 1.807) is 30.3 Å². The second kappa shape index (κ2) is 12.7. The molecule has 0 saturated carbocycles. The fraction of sp³-hybridized carbons (Fsp3) is 0.226. The summed E-state index contributed by atoms with van der Waals surface area (Å²) in [6.45, 7) is 7.36. The topological polar surface area (TPSA) is 105 Å². The average Bonchev–Trinajstić information content (AvgIpc) is 3.17. The smallest absolute Gasteiger partial charge is 0.294 e. The van der Waals surface area contributed by atoms with Crippen LogP contribution in [0.2, 0.25) is 0 Å². The molecule has 206 valence electrons. The van der Waals surface area contributed by atoms with Crippen molar-refractivity contribution in [2.45, 2.75) is 33.6 Å². The second-order valence-corrected chi connectivity index (χ2v) is 10.7. The van der Waals surface area contributed by atoms with Crippen molar-refractivity contribution in [3.8, 4) is 5.75 Å². The van der Waals surface area contributed by atoms with Crippen LogP contribution >= 0.6 is 11.8 Å². The number of ether oxygens (including phenoxy) is 1. The number of para-hydroxylation sites is 2. The molecule has 1 fully saturated rings. The predicted octanol–water partition coefficient (Wildman–Crippen LogP) is 6.12. The Labute approximate surface area is 237 Å². The Morgan fingerprint density at radius 2 is 1.57 bits per heavy atom. The van der Waals surface area contributed by atoms with E-state index in [9.17, 15) is 19.2 Å². The van der Waals surface area contributed by atoms with Crippen LogP contribution in [0.15, 0.2) is 71.6 Å². The Balaban J connectivity index is 1.33. The first-order valence-electron chi connectivity index (χ1n) is 12.9. The number of benzene rings is 3. The van der Waals surface area contributed by atoms with Gasteiger partial charge < -0.3 is 15.4 Å². The minimum absolute atomic E-state index is 0.158. The highest BCUT2D eigenvalue weighted by molar-refractivity contribution is 8.18. The predicted molar refractivity (Wildman–Crippen MR) is 158 cm³/mol. The third-order valence-electron chi connectivity index (χ3n) is 6.33. The number of carbonyl (C=O) groups excluding carboxylic acids is 4. The van der Waals surface area contributed by atoms with Crippen molar-refractivity contribution in [1.29, 1.82) is 0 Å². The zero-order chi connectivity index (χ0) is 28.8. The summed E-state index contributed by atoms with van der Waals surface area (Å²) in [5.41, 5.74) is 4.95. The molecule has 0 aliphatic carbocycles. The molecule has 0 atom stereocenters. The normalized spacial score (nSPS) is 14.1. The highest BCUT2D eigenvalue weighted by atomic mass is 32.2. The van der Waals surface area contributed by atoms with Gasteiger partial charge in [0.1, 0.15) is 12.3 Å². The van der Waals surface area contributed by atoms with E-state index in [1.165, 1.54) is 0 Å². The minimum atomic E-state index is -0.523. The first-order valence-corrected chi connectivity index (χ1v) is 13.7. The lowest BCUT2D eigenvalue weighted by Gasteiger charge is -2.15. The Bertz CT molecular complexity index is 1460. The Hall–Kier alpha value is -4.37. The number of amides is 4. The van der Waals surface area contributed by atoms with Crippen molar-refractivity contribution in [3.05, 3.63) is 93.9 Å². The van der Waals surface area contributed by atoms with Crippen molar-refractivity contribution in [2.75, 3.05) is 23.8 Å². The lowest BCUT2D eigenvalue weighted by atomic mass is 10.0. The van der Waals surface area contributed by atoms with Crippen LogP contribution < -0.4 is 15.4 Å². The molecule has 1 aliphatic heterocycles. The van der Waals surface area contributed by atoms with Gasteiger partial charge in [-0.1, -0.05) is 62.4 Å². The second-order valence-electron chi connectivity index (χ2n) is 9.73. The van der Waals surface area contributed by atoms with Crippen molar-refractivity contribution in [2.24, 2.45) is 0 Å². The number of thioether (sulfide) groups is 1. The van der Waals surface area contributed by atoms with E-state index in [-0.39, 0.29) is 29.9 Å². The number of rotatable bonds is 9. The summed E-state index contributed by atoms with van der Waals surface area (Å²) in [4.78, 5) is 51.5. The van der Waals surface area contributed by atoms with Crippen molar-refractivity contribution < 1.29 is 23.9 Å². The third-order valence-corrected chi connectivity index (χ3v) is 7.23. The molecule has 40 heavy (non-hydrogen) atoms. The lowest BCUT2D eigenvalue weighted by molar-refractivity contribution is -0.127. The molecule has 9 heteroatoms. The largest absolute Gasteiger partial charge is 0.484 e. The first-order chi connectivity index (χ1) is 19.1. The van der Waals surface area contributed by atoms with Crippen molar-refractivity contribution in [3.63, 3.8) is 0 Å². The van der Waals surface area contributed by atoms with Crippen LogP contribution in [0.3, 0.4) is 0 Å². The van der Waals surface area contributed by atoms with E-state index in [4.69, 9.17) is 4.74 Å². The highest BCUT2D eigenvalue weighted by Gasteiger charge is 2.36. The van der Waals surface area contributed by atoms with Crippen LogP contribution in [0.1, 0.15) is 42.0 Å². The van der Waals surface area contributed by atoms with Gasteiger partial charge in [0.15, 0.2) is 6.61 Å². The van der Waals surface area contributed by atoms with Gasteiger partial charge in [0, 0.05) is 11.4 Å². The summed E-state index contributed by atoms with van der Waals surface area (Å²) in [6.07, 6.45) is 1.59. The number of nitrogens with zero attached hydrogens (tertiary/aromatic N) is 1. The molecule has 0 aromatic heterocycles. The number of carbonyl (C=O) groups is 4. The summed E-state index contributed by atoms with van der Waals surface area (Å²) in [5.74, 6) is -0.482. The van der Waals surface area contributed by atoms with Crippen LogP contribution in [0.4, 0.5) is 16.2 Å². The fourth-order valence-electron chi connectivity index (χ4n) is 4.23. The molecular weight excluding hydrogens is 526 g/mol. The molecule has 0 bridgehead atoms. The van der Waals surface area contributed by atoms with Gasteiger partial charge in [-0.15, -0.1) is 0 Å². The molecule has 0 spiro atoms. The van der Waals surface area contributed by atoms with Crippen LogP contribution in [-0.2, 0) is 14.4 Å². The molecule has 8 nitrogen and oxygen atoms in total. The Morgan fingerprint density at radius 1 is 0.900 bits per heavy atom. The van der Waals surface area contributed by atoms with Crippen LogP contribution in [-0.4, -0.2) is 41.0 Å². The molecule has 4 amide bonds. The molecule has 1 saturated heterocycles. The molecule has 4 rings (SSSR count). The standard InChI is InChI=1S/C31H31N3O5S/c1-19(2)24-10-5-6-11-25(24)32-28(36)18-39-23-14-12-22(13-15-23)16-26-30(37)34(31(38)40-26)17-27(35)33-29-20(3)8-7-9-21(29)4/h5-16,19H,17-18H2,1-4H3,(H,32,36)(H,33,35)/b26-16+. The van der Waals surface area contributed by atoms with Gasteiger partial charge in [-0.2, -0.15) is 0 Å². The number of anilines is 2. The third kappa shape index (κ3) is 6.98. The maximum absolute atomic E-state index is 12.9. The summed E-state index contributed by atoms with van der Waals surface area (Å²) in [5, 5.41) is 5.19. The molecule has 0 unspecified atom stereocenters. The van der Waals surface area contributed by atoms with E-state index in [0.717, 1.165) is 39.0 Å². The number of hydrogen-bond donors (Lipinski definition) is 2. The van der Waals surface area contributed by atoms with Crippen molar-refractivity contribution >= 4 is 52.2 Å². The number of imide groups is 1. The van der Waals surface area contributed by atoms with Gasteiger partial charge in [0.25, 0.3) is 17.1 Å². The zero-order valence-electron chi connectivity index (χ0n) is 22.8. The maximum atomic E-state index is 12.9. The lowest BCUT2D eigenvalue weighted by Crippen LogP contribution is -2.36.